The van der Waals surface area contributed by atoms with Crippen LogP contribution in [0.25, 0.3) is 0 Å². The van der Waals surface area contributed by atoms with Gasteiger partial charge in [0.25, 0.3) is 0 Å². The molecule has 0 aliphatic rings. The van der Waals surface area contributed by atoms with Gasteiger partial charge in [0.05, 0.1) is 17.9 Å². The molecule has 1 N–H and O–H groups in total. The fraction of sp³-hybridized carbons (Fsp3) is 0.190. The van der Waals surface area contributed by atoms with Crippen LogP contribution in [0.15, 0.2) is 62.7 Å². The number of amides is 1. The van der Waals surface area contributed by atoms with Gasteiger partial charge >= 0.3 is 0 Å². The third kappa shape index (κ3) is 6.02. The lowest BCUT2D eigenvalue weighted by atomic mass is 10.1. The Morgan fingerprint density at radius 1 is 1.11 bits per heavy atom. The van der Waals surface area contributed by atoms with Crippen LogP contribution in [0.5, 0.6) is 0 Å². The second-order valence-corrected chi connectivity index (χ2v) is 9.10. The van der Waals surface area contributed by atoms with Crippen molar-refractivity contribution in [3.63, 3.8) is 0 Å². The molecule has 4 nitrogen and oxygen atoms in total. The Bertz CT molecular complexity index is 953. The van der Waals surface area contributed by atoms with Gasteiger partial charge in [0.1, 0.15) is 0 Å². The maximum atomic E-state index is 12.3. The van der Waals surface area contributed by atoms with E-state index in [2.05, 4.69) is 33.2 Å². The van der Waals surface area contributed by atoms with Gasteiger partial charge in [-0.15, -0.1) is 11.3 Å². The van der Waals surface area contributed by atoms with Crippen molar-refractivity contribution in [3.05, 3.63) is 75.2 Å². The average Bonchev–Trinajstić information content (AvgIpc) is 3.15. The van der Waals surface area contributed by atoms with Crippen LogP contribution in [0, 0.1) is 0 Å². The summed E-state index contributed by atoms with van der Waals surface area (Å²) in [4.78, 5) is 28.9. The first-order valence-electron chi connectivity index (χ1n) is 8.78. The number of benzene rings is 2. The zero-order chi connectivity index (χ0) is 19.9. The molecule has 0 atom stereocenters. The fourth-order valence-electron chi connectivity index (χ4n) is 2.48. The number of hydrogen-bond acceptors (Lipinski definition) is 5. The van der Waals surface area contributed by atoms with Gasteiger partial charge in [0.2, 0.25) is 5.91 Å². The molecule has 3 aromatic rings. The summed E-state index contributed by atoms with van der Waals surface area (Å²) in [5.74, 6) is 0.303. The summed E-state index contributed by atoms with van der Waals surface area (Å²) in [6.07, 6.45) is 1.17. The van der Waals surface area contributed by atoms with Crippen molar-refractivity contribution in [2.45, 2.75) is 24.1 Å². The normalized spacial score (nSPS) is 10.6. The number of aromatic nitrogens is 1. The smallest absolute Gasteiger partial charge is 0.230 e. The van der Waals surface area contributed by atoms with Gasteiger partial charge in [0.15, 0.2) is 10.1 Å². The van der Waals surface area contributed by atoms with Gasteiger partial charge in [-0.25, -0.2) is 4.98 Å². The number of nitrogens with one attached hydrogen (secondary N) is 1. The molecule has 0 saturated carbocycles. The number of ketones is 1. The predicted octanol–water partition coefficient (Wildman–Crippen LogP) is 5.62. The Labute approximate surface area is 180 Å². The third-order valence-corrected chi connectivity index (χ3v) is 6.61. The molecule has 0 aliphatic carbocycles. The number of aryl methyl sites for hydroxylation is 1. The number of carbonyl (C=O) groups is 2. The molecule has 0 spiro atoms. The number of thiazole rings is 1. The number of thioether (sulfide) groups is 1. The van der Waals surface area contributed by atoms with Crippen LogP contribution in [0.2, 0.25) is 0 Å². The van der Waals surface area contributed by atoms with E-state index in [9.17, 15) is 9.59 Å². The topological polar surface area (TPSA) is 59.1 Å². The maximum absolute atomic E-state index is 12.3. The molecule has 0 fully saturated rings. The highest BCUT2D eigenvalue weighted by Gasteiger charge is 2.11. The summed E-state index contributed by atoms with van der Waals surface area (Å²) in [5.41, 5.74) is 3.39. The number of rotatable bonds is 8. The molecule has 1 heterocycles. The Hall–Kier alpha value is -1.96. The number of nitrogens with zero attached hydrogens (tertiary/aromatic N) is 1. The van der Waals surface area contributed by atoms with Crippen LogP contribution in [-0.2, 0) is 17.6 Å². The van der Waals surface area contributed by atoms with Crippen LogP contribution < -0.4 is 5.32 Å². The molecular weight excluding hydrogens is 456 g/mol. The Morgan fingerprint density at radius 3 is 2.50 bits per heavy atom. The quantitative estimate of drug-likeness (QED) is 0.339. The van der Waals surface area contributed by atoms with Crippen LogP contribution >= 0.6 is 39.0 Å². The van der Waals surface area contributed by atoms with E-state index in [0.29, 0.717) is 11.4 Å². The molecule has 144 valence electrons. The van der Waals surface area contributed by atoms with Gasteiger partial charge in [0, 0.05) is 21.1 Å². The number of carbonyl (C=O) groups excluding carboxylic acids is 2. The first-order chi connectivity index (χ1) is 13.5. The minimum absolute atomic E-state index is 0.0809. The van der Waals surface area contributed by atoms with Gasteiger partial charge in [-0.05, 0) is 36.2 Å². The van der Waals surface area contributed by atoms with E-state index < -0.39 is 0 Å². The molecule has 0 aliphatic heterocycles. The van der Waals surface area contributed by atoms with E-state index in [1.807, 2.05) is 53.9 Å². The highest BCUT2D eigenvalue weighted by molar-refractivity contribution is 9.10. The monoisotopic (exact) mass is 474 g/mol. The largest absolute Gasteiger partial charge is 0.326 e. The molecule has 1 aromatic heterocycles. The first kappa shape index (κ1) is 20.8. The zero-order valence-electron chi connectivity index (χ0n) is 15.3. The number of Topliss-reactive ketones (excluding diaryl/α,β-unsaturated/α-hetero) is 1. The van der Waals surface area contributed by atoms with E-state index in [1.54, 1.807) is 0 Å². The van der Waals surface area contributed by atoms with Gasteiger partial charge < -0.3 is 5.32 Å². The van der Waals surface area contributed by atoms with Crippen LogP contribution in [0.3, 0.4) is 0 Å². The lowest BCUT2D eigenvalue weighted by molar-refractivity contribution is -0.115. The number of anilines is 1. The molecule has 28 heavy (non-hydrogen) atoms. The summed E-state index contributed by atoms with van der Waals surface area (Å²) in [6, 6.07) is 15.2. The molecule has 0 bridgehead atoms. The van der Waals surface area contributed by atoms with Crippen molar-refractivity contribution >= 4 is 56.4 Å². The second kappa shape index (κ2) is 10.0. The number of halogens is 1. The van der Waals surface area contributed by atoms with E-state index in [0.717, 1.165) is 26.5 Å². The third-order valence-electron chi connectivity index (χ3n) is 4.01. The Kier molecular flexibility index (Phi) is 7.42. The lowest BCUT2D eigenvalue weighted by Gasteiger charge is -2.04. The molecule has 0 saturated heterocycles. The van der Waals surface area contributed by atoms with Crippen molar-refractivity contribution in [2.24, 2.45) is 0 Å². The van der Waals surface area contributed by atoms with Crippen LogP contribution in [0.1, 0.15) is 28.5 Å². The molecule has 0 radical (unpaired) electrons. The minimum Gasteiger partial charge on any atom is -0.326 e. The SMILES string of the molecule is CCc1ccc(C(=O)CSc2nc(CC(=O)Nc3ccc(Br)cc3)cs2)cc1. The van der Waals surface area contributed by atoms with Crippen molar-refractivity contribution in [2.75, 3.05) is 11.1 Å². The average molecular weight is 475 g/mol. The molecule has 0 unspecified atom stereocenters. The predicted molar refractivity (Wildman–Crippen MR) is 119 cm³/mol. The molecular formula is C21H19BrN2O2S2. The Balaban J connectivity index is 1.49. The number of hydrogen-bond donors (Lipinski definition) is 1. The maximum Gasteiger partial charge on any atom is 0.230 e. The first-order valence-corrected chi connectivity index (χ1v) is 11.4. The van der Waals surface area contributed by atoms with Gasteiger partial charge in [-0.2, -0.15) is 0 Å². The van der Waals surface area contributed by atoms with Crippen LogP contribution in [0.4, 0.5) is 5.69 Å². The van der Waals surface area contributed by atoms with Crippen molar-refractivity contribution in [3.8, 4) is 0 Å². The summed E-state index contributed by atoms with van der Waals surface area (Å²) in [5, 5.41) is 4.72. The standard InChI is InChI=1S/C21H19BrN2O2S2/c1-2-14-3-5-15(6-4-14)19(25)13-28-21-24-18(12-27-21)11-20(26)23-17-9-7-16(22)8-10-17/h3-10,12H,2,11,13H2,1H3,(H,23,26). The summed E-state index contributed by atoms with van der Waals surface area (Å²) >= 11 is 6.23. The lowest BCUT2D eigenvalue weighted by Crippen LogP contribution is -2.14. The van der Waals surface area contributed by atoms with Gasteiger partial charge in [-0.1, -0.05) is 58.9 Å². The van der Waals surface area contributed by atoms with E-state index in [1.165, 1.54) is 28.7 Å². The second-order valence-electron chi connectivity index (χ2n) is 6.10. The molecule has 1 amide bonds. The highest BCUT2D eigenvalue weighted by atomic mass is 79.9. The molecule has 7 heteroatoms. The minimum atomic E-state index is -0.115. The summed E-state index contributed by atoms with van der Waals surface area (Å²) in [6.45, 7) is 2.09. The van der Waals surface area contributed by atoms with Crippen molar-refractivity contribution < 1.29 is 9.59 Å². The van der Waals surface area contributed by atoms with Crippen molar-refractivity contribution in [1.82, 2.24) is 4.98 Å². The van der Waals surface area contributed by atoms with E-state index >= 15 is 0 Å². The fourth-order valence-corrected chi connectivity index (χ4v) is 4.48. The molecule has 3 rings (SSSR count). The van der Waals surface area contributed by atoms with Crippen LogP contribution in [-0.4, -0.2) is 22.4 Å². The summed E-state index contributed by atoms with van der Waals surface area (Å²) < 4.78 is 1.76. The van der Waals surface area contributed by atoms with E-state index in [-0.39, 0.29) is 18.1 Å². The highest BCUT2D eigenvalue weighted by Crippen LogP contribution is 2.24. The Morgan fingerprint density at radius 2 is 1.82 bits per heavy atom. The summed E-state index contributed by atoms with van der Waals surface area (Å²) in [7, 11) is 0. The van der Waals surface area contributed by atoms with Crippen molar-refractivity contribution in [1.29, 1.82) is 0 Å². The van der Waals surface area contributed by atoms with E-state index in [4.69, 9.17) is 0 Å². The van der Waals surface area contributed by atoms with Gasteiger partial charge in [-0.3, -0.25) is 9.59 Å². The molecule has 2 aromatic carbocycles. The zero-order valence-corrected chi connectivity index (χ0v) is 18.5.